The summed E-state index contributed by atoms with van der Waals surface area (Å²) in [5.74, 6) is -1.30. The predicted octanol–water partition coefficient (Wildman–Crippen LogP) is 1.34. The van der Waals surface area contributed by atoms with Crippen molar-refractivity contribution >= 4 is 41.8 Å². The first-order valence-corrected chi connectivity index (χ1v) is 7.58. The number of hydrogen-bond donors (Lipinski definition) is 3. The average molecular weight is 383 g/mol. The molecular weight excluding hydrogens is 367 g/mol. The molecule has 132 valence electrons. The number of aliphatic imine (C=N–C) groups is 1. The van der Waals surface area contributed by atoms with Gasteiger partial charge in [-0.2, -0.15) is 10.1 Å². The van der Waals surface area contributed by atoms with Crippen LogP contribution in [-0.2, 0) is 0 Å². The molecule has 6 N–H and O–H groups in total. The lowest BCUT2D eigenvalue weighted by Crippen LogP contribution is -2.24. The van der Waals surface area contributed by atoms with Crippen molar-refractivity contribution in [3.8, 4) is 5.69 Å². The minimum absolute atomic E-state index is 0. The van der Waals surface area contributed by atoms with Gasteiger partial charge in [-0.3, -0.25) is 9.59 Å². The van der Waals surface area contributed by atoms with Crippen LogP contribution >= 0.6 is 24.0 Å². The van der Waals surface area contributed by atoms with E-state index in [1.807, 2.05) is 0 Å². The third-order valence-electron chi connectivity index (χ3n) is 3.69. The van der Waals surface area contributed by atoms with Crippen molar-refractivity contribution < 1.29 is 9.59 Å². The normalized spacial score (nSPS) is 13.0. The first kappa shape index (κ1) is 18.8. The highest BCUT2D eigenvalue weighted by molar-refractivity contribution is 6.32. The number of halogens is 2. The van der Waals surface area contributed by atoms with Gasteiger partial charge in [-0.05, 0) is 31.0 Å². The van der Waals surface area contributed by atoms with E-state index >= 15 is 0 Å². The molecule has 1 heterocycles. The molecule has 1 aromatic heterocycles. The molecule has 25 heavy (non-hydrogen) atoms. The smallest absolute Gasteiger partial charge is 0.283 e. The molecular formula is C15H16Cl2N6O2. The van der Waals surface area contributed by atoms with E-state index in [-0.39, 0.29) is 24.3 Å². The summed E-state index contributed by atoms with van der Waals surface area (Å²) in [6, 6.07) is 4.63. The van der Waals surface area contributed by atoms with Crippen molar-refractivity contribution in [3.63, 3.8) is 0 Å². The Labute approximate surface area is 154 Å². The van der Waals surface area contributed by atoms with E-state index in [0.29, 0.717) is 27.5 Å². The van der Waals surface area contributed by atoms with E-state index in [2.05, 4.69) is 10.1 Å². The van der Waals surface area contributed by atoms with Gasteiger partial charge in [-0.1, -0.05) is 11.6 Å². The van der Waals surface area contributed by atoms with Gasteiger partial charge in [0.2, 0.25) is 5.91 Å². The van der Waals surface area contributed by atoms with E-state index in [0.717, 1.165) is 12.8 Å². The van der Waals surface area contributed by atoms with E-state index < -0.39 is 11.8 Å². The number of amides is 2. The largest absolute Gasteiger partial charge is 0.370 e. The van der Waals surface area contributed by atoms with E-state index in [4.69, 9.17) is 28.8 Å². The molecule has 1 aromatic carbocycles. The fourth-order valence-electron chi connectivity index (χ4n) is 2.47. The van der Waals surface area contributed by atoms with Gasteiger partial charge in [-0.25, -0.2) is 4.68 Å². The number of carbonyl (C=O) groups excluding carboxylic acids is 2. The van der Waals surface area contributed by atoms with Crippen LogP contribution in [0.1, 0.15) is 45.2 Å². The predicted molar refractivity (Wildman–Crippen MR) is 96.5 cm³/mol. The fraction of sp³-hybridized carbons (Fsp3) is 0.200. The van der Waals surface area contributed by atoms with Gasteiger partial charge >= 0.3 is 0 Å². The second kappa shape index (κ2) is 7.12. The lowest BCUT2D eigenvalue weighted by atomic mass is 10.1. The summed E-state index contributed by atoms with van der Waals surface area (Å²) in [4.78, 5) is 27.2. The van der Waals surface area contributed by atoms with Crippen LogP contribution in [-0.4, -0.2) is 27.6 Å². The number of primary amides is 1. The van der Waals surface area contributed by atoms with Crippen LogP contribution in [0.25, 0.3) is 5.69 Å². The fourth-order valence-corrected chi connectivity index (χ4v) is 2.67. The third-order valence-corrected chi connectivity index (χ3v) is 4.01. The zero-order valence-electron chi connectivity index (χ0n) is 13.0. The molecule has 8 nitrogen and oxygen atoms in total. The van der Waals surface area contributed by atoms with Crippen LogP contribution in [0.5, 0.6) is 0 Å². The highest BCUT2D eigenvalue weighted by Crippen LogP contribution is 2.43. The quantitative estimate of drug-likeness (QED) is 0.539. The van der Waals surface area contributed by atoms with Gasteiger partial charge in [0.25, 0.3) is 5.91 Å². The summed E-state index contributed by atoms with van der Waals surface area (Å²) >= 11 is 6.24. The van der Waals surface area contributed by atoms with Crippen LogP contribution in [0.2, 0.25) is 5.02 Å². The third kappa shape index (κ3) is 3.75. The number of rotatable bonds is 4. The van der Waals surface area contributed by atoms with Gasteiger partial charge in [-0.15, -0.1) is 12.4 Å². The summed E-state index contributed by atoms with van der Waals surface area (Å²) in [5.41, 5.74) is 17.6. The first-order chi connectivity index (χ1) is 11.4. The standard InChI is InChI=1S/C15H15ClN6O2.ClH/c16-10-4-3-8(13(17)23)5-11(10)22-12(7-1-2-7)9(6-20-22)14(24)21-15(18)19;/h3-7H,1-2H2,(H2,17,23)(H4,18,19,21,24);1H. The molecule has 1 aliphatic rings. The zero-order valence-corrected chi connectivity index (χ0v) is 14.5. The molecule has 0 unspecified atom stereocenters. The van der Waals surface area contributed by atoms with E-state index in [1.165, 1.54) is 12.3 Å². The second-order valence-electron chi connectivity index (χ2n) is 5.50. The lowest BCUT2D eigenvalue weighted by Gasteiger charge is -2.11. The van der Waals surface area contributed by atoms with Gasteiger partial charge in [0.1, 0.15) is 0 Å². The van der Waals surface area contributed by atoms with Gasteiger partial charge in [0.15, 0.2) is 5.96 Å². The highest BCUT2D eigenvalue weighted by atomic mass is 35.5. The minimum Gasteiger partial charge on any atom is -0.370 e. The maximum Gasteiger partial charge on any atom is 0.283 e. The number of aromatic nitrogens is 2. The lowest BCUT2D eigenvalue weighted by molar-refractivity contribution is 0.0992. The molecule has 3 rings (SSSR count). The number of hydrogen-bond acceptors (Lipinski definition) is 3. The second-order valence-corrected chi connectivity index (χ2v) is 5.91. The topological polar surface area (TPSA) is 142 Å². The Balaban J connectivity index is 0.00000225. The Hall–Kier alpha value is -2.58. The number of nitrogens with zero attached hydrogens (tertiary/aromatic N) is 3. The van der Waals surface area contributed by atoms with Crippen molar-refractivity contribution in [2.45, 2.75) is 18.8 Å². The Bertz CT molecular complexity index is 869. The van der Waals surface area contributed by atoms with Gasteiger partial charge < -0.3 is 17.2 Å². The molecule has 0 atom stereocenters. The Kier molecular flexibility index (Phi) is 5.34. The maximum atomic E-state index is 12.2. The monoisotopic (exact) mass is 382 g/mol. The molecule has 0 aliphatic heterocycles. The molecule has 1 fully saturated rings. The number of carbonyl (C=O) groups is 2. The molecule has 1 aliphatic carbocycles. The maximum absolute atomic E-state index is 12.2. The Morgan fingerprint density at radius 3 is 2.48 bits per heavy atom. The van der Waals surface area contributed by atoms with Crippen molar-refractivity contribution in [1.29, 1.82) is 0 Å². The van der Waals surface area contributed by atoms with E-state index in [9.17, 15) is 9.59 Å². The summed E-state index contributed by atoms with van der Waals surface area (Å²) in [6.45, 7) is 0. The van der Waals surface area contributed by atoms with E-state index in [1.54, 1.807) is 16.8 Å². The molecule has 0 spiro atoms. The summed E-state index contributed by atoms with van der Waals surface area (Å²) < 4.78 is 1.54. The molecule has 10 heteroatoms. The number of nitrogens with two attached hydrogens (primary N) is 3. The SMILES string of the molecule is Cl.NC(=O)c1ccc(Cl)c(-n2ncc(C(=O)N=C(N)N)c2C2CC2)c1. The molecule has 0 saturated heterocycles. The Morgan fingerprint density at radius 1 is 1.24 bits per heavy atom. The minimum atomic E-state index is -0.579. The van der Waals surface area contributed by atoms with Crippen molar-refractivity contribution in [2.75, 3.05) is 0 Å². The van der Waals surface area contributed by atoms with Crippen LogP contribution in [0, 0.1) is 0 Å². The van der Waals surface area contributed by atoms with Crippen LogP contribution < -0.4 is 17.2 Å². The number of guanidine groups is 1. The van der Waals surface area contributed by atoms with Crippen LogP contribution in [0.15, 0.2) is 29.4 Å². The average Bonchev–Trinajstić information content (AvgIpc) is 3.25. The molecule has 0 radical (unpaired) electrons. The molecule has 2 aromatic rings. The van der Waals surface area contributed by atoms with Crippen molar-refractivity contribution in [2.24, 2.45) is 22.2 Å². The summed E-state index contributed by atoms with van der Waals surface area (Å²) in [6.07, 6.45) is 3.23. The van der Waals surface area contributed by atoms with Crippen LogP contribution in [0.3, 0.4) is 0 Å². The van der Waals surface area contributed by atoms with Gasteiger partial charge in [0.05, 0.1) is 28.2 Å². The molecule has 1 saturated carbocycles. The number of benzene rings is 1. The van der Waals surface area contributed by atoms with Crippen molar-refractivity contribution in [1.82, 2.24) is 9.78 Å². The summed E-state index contributed by atoms with van der Waals surface area (Å²) in [5, 5.41) is 4.63. The summed E-state index contributed by atoms with van der Waals surface area (Å²) in [7, 11) is 0. The molecule has 2 amide bonds. The first-order valence-electron chi connectivity index (χ1n) is 7.20. The van der Waals surface area contributed by atoms with Crippen molar-refractivity contribution in [3.05, 3.63) is 46.2 Å². The zero-order chi connectivity index (χ0) is 17.4. The highest BCUT2D eigenvalue weighted by Gasteiger charge is 2.33. The van der Waals surface area contributed by atoms with Crippen LogP contribution in [0.4, 0.5) is 0 Å². The van der Waals surface area contributed by atoms with Gasteiger partial charge in [0, 0.05) is 11.5 Å². The molecule has 0 bridgehead atoms. The Morgan fingerprint density at radius 2 is 1.92 bits per heavy atom.